The average molecular weight is 470 g/mol. The van der Waals surface area contributed by atoms with Crippen LogP contribution in [0.15, 0.2) is 47.6 Å². The third kappa shape index (κ3) is 7.79. The van der Waals surface area contributed by atoms with Crippen molar-refractivity contribution in [3.8, 4) is 17.2 Å². The molecule has 1 unspecified atom stereocenters. The van der Waals surface area contributed by atoms with E-state index >= 15 is 0 Å². The predicted octanol–water partition coefficient (Wildman–Crippen LogP) is 4.63. The highest BCUT2D eigenvalue weighted by atomic mass is 16.5. The molecule has 2 aromatic rings. The zero-order valence-electron chi connectivity index (χ0n) is 20.6. The summed E-state index contributed by atoms with van der Waals surface area (Å²) in [5.41, 5.74) is 3.74. The van der Waals surface area contributed by atoms with Crippen molar-refractivity contribution in [1.82, 2.24) is 5.43 Å². The molecule has 8 nitrogen and oxygen atoms in total. The first-order valence-electron chi connectivity index (χ1n) is 11.5. The summed E-state index contributed by atoms with van der Waals surface area (Å²) in [4.78, 5) is 25.6. The number of methoxy groups -OCH3 is 2. The van der Waals surface area contributed by atoms with Gasteiger partial charge in [-0.05, 0) is 48.7 Å². The summed E-state index contributed by atoms with van der Waals surface area (Å²) < 4.78 is 16.5. The second-order valence-electron chi connectivity index (χ2n) is 8.11. The number of nitrogens with one attached hydrogen (secondary N) is 2. The van der Waals surface area contributed by atoms with Crippen LogP contribution in [-0.4, -0.2) is 38.9 Å². The molecular formula is C26H35N3O5. The van der Waals surface area contributed by atoms with E-state index in [0.29, 0.717) is 35.1 Å². The monoisotopic (exact) mass is 469 g/mol. The first-order valence-corrected chi connectivity index (χ1v) is 11.5. The molecule has 0 aromatic heterocycles. The Morgan fingerprint density at radius 1 is 1.00 bits per heavy atom. The lowest BCUT2D eigenvalue weighted by atomic mass is 9.94. The van der Waals surface area contributed by atoms with Crippen molar-refractivity contribution in [2.75, 3.05) is 26.1 Å². The Balaban J connectivity index is 2.07. The van der Waals surface area contributed by atoms with E-state index in [1.807, 2.05) is 32.0 Å². The first-order chi connectivity index (χ1) is 16.4. The molecule has 2 amide bonds. The van der Waals surface area contributed by atoms with E-state index in [-0.39, 0.29) is 5.92 Å². The summed E-state index contributed by atoms with van der Waals surface area (Å²) in [6.45, 7) is 6.31. The van der Waals surface area contributed by atoms with Crippen LogP contribution in [0.3, 0.4) is 0 Å². The molecule has 0 heterocycles. The Labute approximate surface area is 201 Å². The van der Waals surface area contributed by atoms with Gasteiger partial charge in [0.15, 0.2) is 11.5 Å². The number of anilines is 1. The van der Waals surface area contributed by atoms with Gasteiger partial charge in [0.05, 0.1) is 27.0 Å². The molecule has 0 aliphatic heterocycles. The van der Waals surface area contributed by atoms with Gasteiger partial charge in [-0.2, -0.15) is 5.10 Å². The Morgan fingerprint density at radius 2 is 1.74 bits per heavy atom. The van der Waals surface area contributed by atoms with Crippen LogP contribution in [0.4, 0.5) is 5.69 Å². The van der Waals surface area contributed by atoms with Gasteiger partial charge in [0.2, 0.25) is 5.91 Å². The molecule has 2 rings (SSSR count). The molecule has 0 spiro atoms. The number of carbonyl (C=O) groups excluding carboxylic acids is 2. The minimum Gasteiger partial charge on any atom is -0.497 e. The van der Waals surface area contributed by atoms with Crippen LogP contribution >= 0.6 is 0 Å². The molecule has 0 fully saturated rings. The van der Waals surface area contributed by atoms with Crippen LogP contribution in [0.2, 0.25) is 0 Å². The third-order valence-corrected chi connectivity index (χ3v) is 5.19. The van der Waals surface area contributed by atoms with E-state index in [9.17, 15) is 9.59 Å². The number of para-hydroxylation sites is 1. The van der Waals surface area contributed by atoms with Gasteiger partial charge in [-0.25, -0.2) is 5.43 Å². The number of hydrogen-bond donors (Lipinski definition) is 2. The van der Waals surface area contributed by atoms with Gasteiger partial charge < -0.3 is 19.5 Å². The Bertz CT molecular complexity index is 957. The lowest BCUT2D eigenvalue weighted by molar-refractivity contribution is -0.134. The lowest BCUT2D eigenvalue weighted by Gasteiger charge is -2.18. The second kappa shape index (κ2) is 13.9. The number of benzene rings is 2. The van der Waals surface area contributed by atoms with Gasteiger partial charge in [-0.1, -0.05) is 39.7 Å². The van der Waals surface area contributed by atoms with Crippen LogP contribution < -0.4 is 25.0 Å². The molecule has 0 bridgehead atoms. The van der Waals surface area contributed by atoms with Crippen molar-refractivity contribution in [3.63, 3.8) is 0 Å². The fraction of sp³-hybridized carbons (Fsp3) is 0.423. The molecule has 0 saturated carbocycles. The van der Waals surface area contributed by atoms with Crippen LogP contribution in [-0.2, 0) is 9.59 Å². The quantitative estimate of drug-likeness (QED) is 0.193. The summed E-state index contributed by atoms with van der Waals surface area (Å²) in [6.07, 6.45) is 4.60. The maximum Gasteiger partial charge on any atom is 0.252 e. The zero-order chi connectivity index (χ0) is 24.9. The summed E-state index contributed by atoms with van der Waals surface area (Å²) in [5.74, 6) is -0.226. The van der Waals surface area contributed by atoms with Crippen molar-refractivity contribution in [1.29, 1.82) is 0 Å². The highest BCUT2D eigenvalue weighted by molar-refractivity contribution is 6.06. The third-order valence-electron chi connectivity index (χ3n) is 5.19. The van der Waals surface area contributed by atoms with E-state index in [1.165, 1.54) is 6.21 Å². The van der Waals surface area contributed by atoms with Gasteiger partial charge in [0, 0.05) is 11.3 Å². The van der Waals surface area contributed by atoms with E-state index in [1.54, 1.807) is 38.5 Å². The maximum absolute atomic E-state index is 12.8. The van der Waals surface area contributed by atoms with Crippen molar-refractivity contribution in [3.05, 3.63) is 48.0 Å². The number of carbonyl (C=O) groups is 2. The summed E-state index contributed by atoms with van der Waals surface area (Å²) in [5, 5.41) is 6.86. The number of hydrogen-bond acceptors (Lipinski definition) is 6. The summed E-state index contributed by atoms with van der Waals surface area (Å²) >= 11 is 0. The predicted molar refractivity (Wildman–Crippen MR) is 134 cm³/mol. The molecule has 0 aliphatic rings. The summed E-state index contributed by atoms with van der Waals surface area (Å²) in [7, 11) is 3.14. The van der Waals surface area contributed by atoms with E-state index < -0.39 is 17.7 Å². The molecule has 0 saturated heterocycles. The van der Waals surface area contributed by atoms with Crippen LogP contribution in [0, 0.1) is 11.8 Å². The normalized spacial score (nSPS) is 11.8. The molecular weight excluding hydrogens is 434 g/mol. The highest BCUT2D eigenvalue weighted by Crippen LogP contribution is 2.30. The first kappa shape index (κ1) is 26.7. The van der Waals surface area contributed by atoms with Crippen LogP contribution in [0.1, 0.15) is 45.6 Å². The SMILES string of the molecule is CCCCCOc1c(C=NNC(=O)C(C(=O)Nc2ccc(OC)cc2)C(C)C)cccc1OC. The van der Waals surface area contributed by atoms with Crippen molar-refractivity contribution in [2.24, 2.45) is 16.9 Å². The summed E-state index contributed by atoms with van der Waals surface area (Å²) in [6, 6.07) is 12.4. The molecule has 0 aliphatic carbocycles. The Morgan fingerprint density at radius 3 is 2.35 bits per heavy atom. The smallest absolute Gasteiger partial charge is 0.252 e. The van der Waals surface area contributed by atoms with Crippen molar-refractivity contribution >= 4 is 23.7 Å². The molecule has 34 heavy (non-hydrogen) atoms. The molecule has 1 atom stereocenters. The minimum absolute atomic E-state index is 0.234. The van der Waals surface area contributed by atoms with Crippen molar-refractivity contribution < 1.29 is 23.8 Å². The molecule has 0 radical (unpaired) electrons. The Hall–Kier alpha value is -3.55. The number of rotatable bonds is 13. The molecule has 184 valence electrons. The highest BCUT2D eigenvalue weighted by Gasteiger charge is 2.30. The number of unbranched alkanes of at least 4 members (excludes halogenated alkanes) is 2. The largest absolute Gasteiger partial charge is 0.497 e. The molecule has 2 aromatic carbocycles. The number of amides is 2. The number of hydrazone groups is 1. The number of ether oxygens (including phenoxy) is 3. The molecule has 8 heteroatoms. The zero-order valence-corrected chi connectivity index (χ0v) is 20.6. The van der Waals surface area contributed by atoms with Gasteiger partial charge in [0.25, 0.3) is 5.91 Å². The van der Waals surface area contributed by atoms with Crippen molar-refractivity contribution in [2.45, 2.75) is 40.0 Å². The Kier molecular flexibility index (Phi) is 10.9. The average Bonchev–Trinajstić information content (AvgIpc) is 2.82. The minimum atomic E-state index is -0.922. The topological polar surface area (TPSA) is 98.2 Å². The van der Waals surface area contributed by atoms with Crippen LogP contribution in [0.25, 0.3) is 0 Å². The van der Waals surface area contributed by atoms with Gasteiger partial charge in [0.1, 0.15) is 11.7 Å². The fourth-order valence-electron chi connectivity index (χ4n) is 3.33. The lowest BCUT2D eigenvalue weighted by Crippen LogP contribution is -2.39. The molecule has 2 N–H and O–H groups in total. The van der Waals surface area contributed by atoms with E-state index in [2.05, 4.69) is 22.8 Å². The second-order valence-corrected chi connectivity index (χ2v) is 8.11. The maximum atomic E-state index is 12.8. The fourth-order valence-corrected chi connectivity index (χ4v) is 3.33. The number of nitrogens with zero attached hydrogens (tertiary/aromatic N) is 1. The van der Waals surface area contributed by atoms with Gasteiger partial charge >= 0.3 is 0 Å². The van der Waals surface area contributed by atoms with Gasteiger partial charge in [-0.3, -0.25) is 9.59 Å². The standard InChI is InChI=1S/C26H35N3O5/c1-6-7-8-16-34-24-19(10-9-11-22(24)33-5)17-27-29-26(31)23(18(2)3)25(30)28-20-12-14-21(32-4)15-13-20/h9-15,17-18,23H,6-8,16H2,1-5H3,(H,28,30)(H,29,31). The van der Waals surface area contributed by atoms with E-state index in [0.717, 1.165) is 19.3 Å². The van der Waals surface area contributed by atoms with E-state index in [4.69, 9.17) is 14.2 Å². The van der Waals surface area contributed by atoms with Crippen LogP contribution in [0.5, 0.6) is 17.2 Å². The van der Waals surface area contributed by atoms with Gasteiger partial charge in [-0.15, -0.1) is 0 Å².